The van der Waals surface area contributed by atoms with Gasteiger partial charge in [0, 0.05) is 18.8 Å². The molecule has 0 spiro atoms. The molecule has 0 bridgehead atoms. The monoisotopic (exact) mass is 274 g/mol. The normalized spacial score (nSPS) is 11.2. The Morgan fingerprint density at radius 3 is 2.74 bits per heavy atom. The number of aryl methyl sites for hydroxylation is 2. The van der Waals surface area contributed by atoms with E-state index in [0.29, 0.717) is 16.2 Å². The van der Waals surface area contributed by atoms with Crippen molar-refractivity contribution < 1.29 is 4.39 Å². The van der Waals surface area contributed by atoms with Crippen LogP contribution in [0.1, 0.15) is 5.56 Å². The van der Waals surface area contributed by atoms with Crippen molar-refractivity contribution in [2.45, 2.75) is 6.92 Å². The number of hydrogen-bond acceptors (Lipinski definition) is 1. The van der Waals surface area contributed by atoms with Gasteiger partial charge in [-0.25, -0.2) is 9.37 Å². The minimum absolute atomic E-state index is 0.254. The fourth-order valence-corrected chi connectivity index (χ4v) is 2.55. The summed E-state index contributed by atoms with van der Waals surface area (Å²) in [5, 5.41) is 0.856. The lowest BCUT2D eigenvalue weighted by Crippen LogP contribution is -1.94. The van der Waals surface area contributed by atoms with Gasteiger partial charge in [0.2, 0.25) is 0 Å². The van der Waals surface area contributed by atoms with Crippen molar-refractivity contribution in [1.29, 1.82) is 0 Å². The van der Waals surface area contributed by atoms with Crippen molar-refractivity contribution in [3.63, 3.8) is 0 Å². The number of hydrogen-bond donors (Lipinski definition) is 0. The third kappa shape index (κ3) is 1.81. The van der Waals surface area contributed by atoms with Crippen LogP contribution >= 0.6 is 11.6 Å². The highest BCUT2D eigenvalue weighted by Crippen LogP contribution is 2.33. The van der Waals surface area contributed by atoms with Crippen LogP contribution < -0.4 is 0 Å². The summed E-state index contributed by atoms with van der Waals surface area (Å²) in [6, 6.07) is 9.42. The first-order valence-electron chi connectivity index (χ1n) is 5.95. The van der Waals surface area contributed by atoms with E-state index < -0.39 is 0 Å². The van der Waals surface area contributed by atoms with E-state index in [4.69, 9.17) is 11.6 Å². The summed E-state index contributed by atoms with van der Waals surface area (Å²) in [4.78, 5) is 3.95. The molecule has 2 nitrogen and oxygen atoms in total. The molecule has 0 aliphatic heterocycles. The van der Waals surface area contributed by atoms with E-state index in [1.54, 1.807) is 6.07 Å². The summed E-state index contributed by atoms with van der Waals surface area (Å²) in [6.07, 6.45) is 1.48. The highest BCUT2D eigenvalue weighted by atomic mass is 35.5. The van der Waals surface area contributed by atoms with Gasteiger partial charge in [0.25, 0.3) is 0 Å². The third-order valence-electron chi connectivity index (χ3n) is 3.39. The summed E-state index contributed by atoms with van der Waals surface area (Å²) < 4.78 is 16.4. The molecule has 0 aliphatic rings. The highest BCUT2D eigenvalue weighted by molar-refractivity contribution is 6.30. The number of halogens is 2. The van der Waals surface area contributed by atoms with Crippen molar-refractivity contribution >= 4 is 22.5 Å². The van der Waals surface area contributed by atoms with Crippen molar-refractivity contribution in [2.24, 2.45) is 7.05 Å². The molecule has 3 aromatic rings. The second-order valence-corrected chi connectivity index (χ2v) is 4.95. The van der Waals surface area contributed by atoms with E-state index in [-0.39, 0.29) is 5.82 Å². The Morgan fingerprint density at radius 2 is 2.00 bits per heavy atom. The van der Waals surface area contributed by atoms with Crippen LogP contribution in [0.4, 0.5) is 4.39 Å². The Kier molecular flexibility index (Phi) is 2.79. The molecule has 0 aliphatic carbocycles. The molecule has 0 saturated carbocycles. The van der Waals surface area contributed by atoms with Gasteiger partial charge in [-0.2, -0.15) is 0 Å². The molecule has 0 fully saturated rings. The zero-order valence-electron chi connectivity index (χ0n) is 10.6. The van der Waals surface area contributed by atoms with E-state index in [0.717, 1.165) is 16.6 Å². The standard InChI is InChI=1S/C15H12ClFN2/c1-9-5-3-4-6-10(9)15-14(17)11-8-18-13(16)7-12(11)19(15)2/h3-8H,1-2H3. The molecule has 1 aromatic carbocycles. The topological polar surface area (TPSA) is 17.8 Å². The van der Waals surface area contributed by atoms with E-state index in [1.807, 2.05) is 42.8 Å². The minimum atomic E-state index is -0.254. The number of pyridine rings is 1. The van der Waals surface area contributed by atoms with Gasteiger partial charge in [-0.3, -0.25) is 0 Å². The van der Waals surface area contributed by atoms with Crippen LogP contribution in [-0.2, 0) is 7.05 Å². The highest BCUT2D eigenvalue weighted by Gasteiger charge is 2.18. The van der Waals surface area contributed by atoms with Gasteiger partial charge in [0.15, 0.2) is 5.82 Å². The molecule has 0 amide bonds. The maximum absolute atomic E-state index is 14.6. The number of benzene rings is 1. The number of nitrogens with zero attached hydrogens (tertiary/aromatic N) is 2. The number of fused-ring (bicyclic) bond motifs is 1. The third-order valence-corrected chi connectivity index (χ3v) is 3.60. The SMILES string of the molecule is Cc1ccccc1-c1c(F)c2cnc(Cl)cc2n1C. The molecule has 19 heavy (non-hydrogen) atoms. The molecule has 0 N–H and O–H groups in total. The zero-order valence-corrected chi connectivity index (χ0v) is 11.4. The van der Waals surface area contributed by atoms with E-state index in [1.165, 1.54) is 6.20 Å². The Labute approximate surface area is 115 Å². The van der Waals surface area contributed by atoms with Crippen molar-refractivity contribution in [1.82, 2.24) is 9.55 Å². The van der Waals surface area contributed by atoms with Crippen LogP contribution in [-0.4, -0.2) is 9.55 Å². The van der Waals surface area contributed by atoms with Crippen molar-refractivity contribution in [3.05, 3.63) is 53.1 Å². The maximum Gasteiger partial charge on any atom is 0.158 e. The quantitative estimate of drug-likeness (QED) is 0.604. The molecule has 3 rings (SSSR count). The van der Waals surface area contributed by atoms with Crippen molar-refractivity contribution in [3.8, 4) is 11.3 Å². The Balaban J connectivity index is 2.40. The first-order valence-corrected chi connectivity index (χ1v) is 6.33. The molecule has 2 aromatic heterocycles. The average molecular weight is 275 g/mol. The molecule has 2 heterocycles. The molecule has 4 heteroatoms. The molecule has 0 atom stereocenters. The van der Waals surface area contributed by atoms with E-state index in [2.05, 4.69) is 4.98 Å². The first kappa shape index (κ1) is 12.2. The summed E-state index contributed by atoms with van der Waals surface area (Å²) in [5.41, 5.74) is 3.23. The average Bonchev–Trinajstić information content (AvgIpc) is 2.63. The largest absolute Gasteiger partial charge is 0.341 e. The lowest BCUT2D eigenvalue weighted by Gasteiger charge is -2.07. The maximum atomic E-state index is 14.6. The van der Waals surface area contributed by atoms with Gasteiger partial charge < -0.3 is 4.57 Å². The number of aromatic nitrogens is 2. The van der Waals surface area contributed by atoms with Gasteiger partial charge in [0.1, 0.15) is 5.15 Å². The lowest BCUT2D eigenvalue weighted by molar-refractivity contribution is 0.638. The smallest absolute Gasteiger partial charge is 0.158 e. The molecule has 0 radical (unpaired) electrons. The summed E-state index contributed by atoms with van der Waals surface area (Å²) in [7, 11) is 1.84. The second kappa shape index (κ2) is 4.35. The summed E-state index contributed by atoms with van der Waals surface area (Å²) in [5.74, 6) is -0.254. The lowest BCUT2D eigenvalue weighted by atomic mass is 10.1. The molecule has 96 valence electrons. The van der Waals surface area contributed by atoms with Crippen LogP contribution in [0.3, 0.4) is 0 Å². The van der Waals surface area contributed by atoms with Crippen LogP contribution in [0.15, 0.2) is 36.5 Å². The predicted molar refractivity (Wildman–Crippen MR) is 75.9 cm³/mol. The van der Waals surface area contributed by atoms with Gasteiger partial charge in [-0.1, -0.05) is 35.9 Å². The fraction of sp³-hybridized carbons (Fsp3) is 0.133. The molecular formula is C15H12ClFN2. The Hall–Kier alpha value is -1.87. The Bertz CT molecular complexity index is 777. The van der Waals surface area contributed by atoms with E-state index >= 15 is 0 Å². The van der Waals surface area contributed by atoms with Crippen LogP contribution in [0.25, 0.3) is 22.2 Å². The summed E-state index contributed by atoms with van der Waals surface area (Å²) >= 11 is 5.88. The molecule has 0 saturated heterocycles. The minimum Gasteiger partial charge on any atom is -0.341 e. The fourth-order valence-electron chi connectivity index (χ4n) is 2.40. The van der Waals surface area contributed by atoms with Crippen LogP contribution in [0, 0.1) is 12.7 Å². The second-order valence-electron chi connectivity index (χ2n) is 4.56. The number of rotatable bonds is 1. The zero-order chi connectivity index (χ0) is 13.6. The Morgan fingerprint density at radius 1 is 1.26 bits per heavy atom. The van der Waals surface area contributed by atoms with Crippen LogP contribution in [0.2, 0.25) is 5.15 Å². The van der Waals surface area contributed by atoms with Gasteiger partial charge in [-0.15, -0.1) is 0 Å². The van der Waals surface area contributed by atoms with Gasteiger partial charge in [0.05, 0.1) is 16.6 Å². The van der Waals surface area contributed by atoms with Gasteiger partial charge in [-0.05, 0) is 18.6 Å². The predicted octanol–water partition coefficient (Wildman–Crippen LogP) is 4.34. The first-order chi connectivity index (χ1) is 9.09. The van der Waals surface area contributed by atoms with Crippen molar-refractivity contribution in [2.75, 3.05) is 0 Å². The van der Waals surface area contributed by atoms with Crippen LogP contribution in [0.5, 0.6) is 0 Å². The molecule has 0 unspecified atom stereocenters. The van der Waals surface area contributed by atoms with Gasteiger partial charge >= 0.3 is 0 Å². The summed E-state index contributed by atoms with van der Waals surface area (Å²) in [6.45, 7) is 1.97. The molecular weight excluding hydrogens is 263 g/mol. The van der Waals surface area contributed by atoms with E-state index in [9.17, 15) is 4.39 Å².